The number of likely N-dealkylation sites (tertiary alicyclic amines) is 1. The Morgan fingerprint density at radius 1 is 1.48 bits per heavy atom. The number of carbonyl (C=O) groups excluding carboxylic acids is 1. The zero-order valence-electron chi connectivity index (χ0n) is 12.7. The summed E-state index contributed by atoms with van der Waals surface area (Å²) in [6, 6.07) is 2.73. The molecule has 3 rings (SSSR count). The number of ether oxygens (including phenoxy) is 1. The van der Waals surface area contributed by atoms with E-state index in [9.17, 15) is 14.7 Å². The van der Waals surface area contributed by atoms with Gasteiger partial charge in [-0.2, -0.15) is 0 Å². The summed E-state index contributed by atoms with van der Waals surface area (Å²) in [4.78, 5) is 29.5. The molecule has 0 aliphatic carbocycles. The van der Waals surface area contributed by atoms with Crippen molar-refractivity contribution in [1.29, 1.82) is 0 Å². The van der Waals surface area contributed by atoms with Gasteiger partial charge in [-0.1, -0.05) is 0 Å². The van der Waals surface area contributed by atoms with E-state index in [-0.39, 0.29) is 24.8 Å². The van der Waals surface area contributed by atoms with Crippen LogP contribution < -0.4 is 0 Å². The van der Waals surface area contributed by atoms with Gasteiger partial charge in [-0.05, 0) is 19.1 Å². The number of aliphatic carboxylic acids is 1. The van der Waals surface area contributed by atoms with Gasteiger partial charge in [0.15, 0.2) is 10.8 Å². The van der Waals surface area contributed by atoms with Crippen molar-refractivity contribution < 1.29 is 23.8 Å². The van der Waals surface area contributed by atoms with Crippen LogP contribution in [0.2, 0.25) is 0 Å². The molecule has 8 heteroatoms. The zero-order valence-corrected chi connectivity index (χ0v) is 13.5. The van der Waals surface area contributed by atoms with Crippen molar-refractivity contribution in [2.45, 2.75) is 25.5 Å². The number of carboxylic acids is 1. The molecule has 0 aromatic carbocycles. The highest BCUT2D eigenvalue weighted by Crippen LogP contribution is 2.28. The first-order valence-electron chi connectivity index (χ1n) is 7.08. The molecular weight excluding hydrogens is 320 g/mol. The summed E-state index contributed by atoms with van der Waals surface area (Å²) in [5.41, 5.74) is 0.224. The van der Waals surface area contributed by atoms with E-state index < -0.39 is 17.9 Å². The Labute approximate surface area is 136 Å². The van der Waals surface area contributed by atoms with Crippen molar-refractivity contribution in [3.8, 4) is 10.8 Å². The average molecular weight is 336 g/mol. The normalized spacial score (nSPS) is 20.9. The van der Waals surface area contributed by atoms with Crippen molar-refractivity contribution >= 4 is 23.2 Å². The lowest BCUT2D eigenvalue weighted by Gasteiger charge is -2.19. The first-order valence-corrected chi connectivity index (χ1v) is 7.96. The molecule has 2 aromatic heterocycles. The Morgan fingerprint density at radius 3 is 2.87 bits per heavy atom. The van der Waals surface area contributed by atoms with Gasteiger partial charge in [-0.3, -0.25) is 4.79 Å². The second-order valence-corrected chi connectivity index (χ2v) is 6.21. The summed E-state index contributed by atoms with van der Waals surface area (Å²) in [6.45, 7) is 2.08. The van der Waals surface area contributed by atoms with E-state index in [1.54, 1.807) is 11.4 Å². The summed E-state index contributed by atoms with van der Waals surface area (Å²) in [5, 5.41) is 11.5. The Kier molecular flexibility index (Phi) is 4.18. The molecule has 1 N–H and O–H groups in total. The molecule has 0 radical (unpaired) electrons. The van der Waals surface area contributed by atoms with E-state index in [1.165, 1.54) is 23.3 Å². The third-order valence-corrected chi connectivity index (χ3v) is 4.67. The number of hydrogen-bond acceptors (Lipinski definition) is 6. The number of methoxy groups -OCH3 is 1. The van der Waals surface area contributed by atoms with Gasteiger partial charge in [0.2, 0.25) is 0 Å². The fraction of sp³-hybridized carbons (Fsp3) is 0.400. The smallest absolute Gasteiger partial charge is 0.326 e. The SMILES string of the molecule is COC1CC(C(=O)O)N(C(=O)c2csc(-c3ccc(C)o3)n2)C1. The second-order valence-electron chi connectivity index (χ2n) is 5.35. The highest BCUT2D eigenvalue weighted by molar-refractivity contribution is 7.13. The van der Waals surface area contributed by atoms with Crippen LogP contribution in [-0.4, -0.2) is 52.7 Å². The molecule has 1 aliphatic rings. The maximum Gasteiger partial charge on any atom is 0.326 e. The minimum atomic E-state index is -1.03. The minimum Gasteiger partial charge on any atom is -0.480 e. The van der Waals surface area contributed by atoms with E-state index >= 15 is 0 Å². The minimum absolute atomic E-state index is 0.224. The number of hydrogen-bond donors (Lipinski definition) is 1. The molecule has 2 atom stereocenters. The van der Waals surface area contributed by atoms with Crippen LogP contribution in [0, 0.1) is 6.92 Å². The number of aromatic nitrogens is 1. The van der Waals surface area contributed by atoms with Gasteiger partial charge in [0, 0.05) is 25.5 Å². The Balaban J connectivity index is 1.82. The molecule has 0 saturated carbocycles. The van der Waals surface area contributed by atoms with Crippen LogP contribution in [0.1, 0.15) is 22.7 Å². The third kappa shape index (κ3) is 2.99. The number of furan rings is 1. The highest BCUT2D eigenvalue weighted by atomic mass is 32.1. The van der Waals surface area contributed by atoms with Gasteiger partial charge >= 0.3 is 5.97 Å². The van der Waals surface area contributed by atoms with Crippen molar-refractivity contribution in [2.24, 2.45) is 0 Å². The average Bonchev–Trinajstić information content (AvgIpc) is 3.24. The molecule has 122 valence electrons. The summed E-state index contributed by atoms with van der Waals surface area (Å²) in [5.74, 6) is -0.0771. The van der Waals surface area contributed by atoms with Gasteiger partial charge in [0.25, 0.3) is 5.91 Å². The second kappa shape index (κ2) is 6.13. The molecule has 0 bridgehead atoms. The molecule has 2 aromatic rings. The third-order valence-electron chi connectivity index (χ3n) is 3.82. The quantitative estimate of drug-likeness (QED) is 0.918. The molecule has 2 unspecified atom stereocenters. The number of aryl methyl sites for hydroxylation is 1. The zero-order chi connectivity index (χ0) is 16.6. The number of amides is 1. The Bertz CT molecular complexity index is 738. The molecule has 1 saturated heterocycles. The van der Waals surface area contributed by atoms with Gasteiger partial charge < -0.3 is 19.2 Å². The standard InChI is InChI=1S/C15H16N2O5S/c1-8-3-4-12(22-8)13-16-10(7-23-13)14(18)17-6-9(21-2)5-11(17)15(19)20/h3-4,7,9,11H,5-6H2,1-2H3,(H,19,20). The highest BCUT2D eigenvalue weighted by Gasteiger charge is 2.40. The fourth-order valence-electron chi connectivity index (χ4n) is 2.61. The maximum atomic E-state index is 12.6. The first-order chi connectivity index (χ1) is 11.0. The molecular formula is C15H16N2O5S. The predicted octanol–water partition coefficient (Wildman–Crippen LogP) is 2.03. The number of nitrogens with zero attached hydrogens (tertiary/aromatic N) is 2. The number of carbonyl (C=O) groups is 2. The van der Waals surface area contributed by atoms with Crippen LogP contribution >= 0.6 is 11.3 Å². The van der Waals surface area contributed by atoms with Crippen molar-refractivity contribution in [3.05, 3.63) is 29.0 Å². The van der Waals surface area contributed by atoms with E-state index in [0.29, 0.717) is 10.8 Å². The molecule has 7 nitrogen and oxygen atoms in total. The first kappa shape index (κ1) is 15.7. The van der Waals surface area contributed by atoms with Gasteiger partial charge in [-0.15, -0.1) is 11.3 Å². The van der Waals surface area contributed by atoms with Crippen LogP contribution in [0.25, 0.3) is 10.8 Å². The largest absolute Gasteiger partial charge is 0.480 e. The lowest BCUT2D eigenvalue weighted by molar-refractivity contribution is -0.141. The molecule has 1 aliphatic heterocycles. The van der Waals surface area contributed by atoms with Crippen molar-refractivity contribution in [2.75, 3.05) is 13.7 Å². The van der Waals surface area contributed by atoms with Crippen LogP contribution in [0.4, 0.5) is 0 Å². The summed E-state index contributed by atoms with van der Waals surface area (Å²) >= 11 is 1.29. The van der Waals surface area contributed by atoms with Crippen molar-refractivity contribution in [1.82, 2.24) is 9.88 Å². The fourth-order valence-corrected chi connectivity index (χ4v) is 3.36. The molecule has 3 heterocycles. The maximum absolute atomic E-state index is 12.6. The van der Waals surface area contributed by atoms with E-state index in [2.05, 4.69) is 4.98 Å². The lowest BCUT2D eigenvalue weighted by atomic mass is 10.2. The summed E-state index contributed by atoms with van der Waals surface area (Å²) in [6.07, 6.45) is 0.0113. The molecule has 1 amide bonds. The number of carboxylic acid groups (broad SMARTS) is 1. The van der Waals surface area contributed by atoms with Crippen molar-refractivity contribution in [3.63, 3.8) is 0 Å². The molecule has 0 spiro atoms. The van der Waals surface area contributed by atoms with Crippen LogP contribution in [0.5, 0.6) is 0 Å². The van der Waals surface area contributed by atoms with E-state index in [1.807, 2.05) is 13.0 Å². The van der Waals surface area contributed by atoms with Gasteiger partial charge in [0.1, 0.15) is 17.5 Å². The molecule has 1 fully saturated rings. The topological polar surface area (TPSA) is 92.9 Å². The Morgan fingerprint density at radius 2 is 2.26 bits per heavy atom. The Hall–Kier alpha value is -2.19. The van der Waals surface area contributed by atoms with Crippen LogP contribution in [0.3, 0.4) is 0 Å². The van der Waals surface area contributed by atoms with E-state index in [0.717, 1.165) is 5.76 Å². The van der Waals surface area contributed by atoms with Gasteiger partial charge in [0.05, 0.1) is 6.10 Å². The van der Waals surface area contributed by atoms with Gasteiger partial charge in [-0.25, -0.2) is 9.78 Å². The van der Waals surface area contributed by atoms with E-state index in [4.69, 9.17) is 9.15 Å². The van der Waals surface area contributed by atoms with Crippen LogP contribution in [-0.2, 0) is 9.53 Å². The predicted molar refractivity (Wildman–Crippen MR) is 82.4 cm³/mol. The summed E-state index contributed by atoms with van der Waals surface area (Å²) < 4.78 is 10.7. The lowest BCUT2D eigenvalue weighted by Crippen LogP contribution is -2.40. The summed E-state index contributed by atoms with van der Waals surface area (Å²) in [7, 11) is 1.51. The number of rotatable bonds is 4. The number of thiazole rings is 1. The monoisotopic (exact) mass is 336 g/mol. The van der Waals surface area contributed by atoms with Crippen LogP contribution in [0.15, 0.2) is 21.9 Å². The molecule has 23 heavy (non-hydrogen) atoms.